The monoisotopic (exact) mass is 309 g/mol. The summed E-state index contributed by atoms with van der Waals surface area (Å²) in [5.41, 5.74) is 2.10. The van der Waals surface area contributed by atoms with E-state index in [1.54, 1.807) is 11.1 Å². The molecule has 23 heavy (non-hydrogen) atoms. The number of hydrogen-bond donors (Lipinski definition) is 1. The summed E-state index contributed by atoms with van der Waals surface area (Å²) in [6.07, 6.45) is 1.91. The van der Waals surface area contributed by atoms with Gasteiger partial charge in [-0.3, -0.25) is 9.59 Å². The molecule has 1 aromatic carbocycles. The van der Waals surface area contributed by atoms with Gasteiger partial charge in [-0.25, -0.2) is 4.98 Å². The topological polar surface area (TPSA) is 62.3 Å². The van der Waals surface area contributed by atoms with Gasteiger partial charge in [-0.1, -0.05) is 30.3 Å². The summed E-state index contributed by atoms with van der Waals surface area (Å²) in [5, 5.41) is 2.80. The van der Waals surface area contributed by atoms with Gasteiger partial charge in [-0.15, -0.1) is 0 Å². The van der Waals surface area contributed by atoms with Gasteiger partial charge in [0.25, 0.3) is 0 Å². The minimum Gasteiger partial charge on any atom is -0.338 e. The summed E-state index contributed by atoms with van der Waals surface area (Å²) in [5.74, 6) is 0.0794. The van der Waals surface area contributed by atoms with Crippen LogP contribution in [0.15, 0.2) is 48.7 Å². The Bertz CT molecular complexity index is 715. The molecule has 2 heterocycles. The third-order valence-electron chi connectivity index (χ3n) is 3.97. The first kappa shape index (κ1) is 15.2. The van der Waals surface area contributed by atoms with Crippen LogP contribution in [-0.2, 0) is 16.1 Å². The van der Waals surface area contributed by atoms with Crippen LogP contribution in [-0.4, -0.2) is 28.2 Å². The molecular weight excluding hydrogens is 290 g/mol. The maximum atomic E-state index is 12.3. The number of nitrogens with one attached hydrogen (secondary N) is 1. The average Bonchev–Trinajstić information content (AvgIpc) is 2.89. The Morgan fingerprint density at radius 1 is 1.30 bits per heavy atom. The molecule has 1 atom stereocenters. The summed E-state index contributed by atoms with van der Waals surface area (Å²) in [6.45, 7) is 2.94. The predicted octanol–water partition coefficient (Wildman–Crippen LogP) is 2.38. The Hall–Kier alpha value is -2.69. The molecule has 0 spiro atoms. The first-order valence-corrected chi connectivity index (χ1v) is 7.67. The fourth-order valence-electron chi connectivity index (χ4n) is 2.74. The second-order valence-corrected chi connectivity index (χ2v) is 5.87. The molecule has 1 N–H and O–H groups in total. The van der Waals surface area contributed by atoms with E-state index in [0.717, 1.165) is 11.1 Å². The zero-order chi connectivity index (χ0) is 16.2. The van der Waals surface area contributed by atoms with Crippen molar-refractivity contribution in [2.24, 2.45) is 5.92 Å². The van der Waals surface area contributed by atoms with Gasteiger partial charge in [-0.05, 0) is 30.2 Å². The molecule has 3 rings (SSSR count). The summed E-state index contributed by atoms with van der Waals surface area (Å²) in [7, 11) is 0. The van der Waals surface area contributed by atoms with E-state index in [4.69, 9.17) is 0 Å². The van der Waals surface area contributed by atoms with Gasteiger partial charge in [0.2, 0.25) is 11.8 Å². The molecule has 1 aromatic heterocycles. The van der Waals surface area contributed by atoms with Gasteiger partial charge in [0.05, 0.1) is 5.92 Å². The van der Waals surface area contributed by atoms with Crippen LogP contribution in [0.3, 0.4) is 0 Å². The molecule has 0 unspecified atom stereocenters. The molecule has 2 amide bonds. The molecule has 5 nitrogen and oxygen atoms in total. The van der Waals surface area contributed by atoms with Crippen LogP contribution in [0.2, 0.25) is 0 Å². The number of amides is 2. The number of carbonyl (C=O) groups excluding carboxylic acids is 2. The van der Waals surface area contributed by atoms with Crippen LogP contribution in [0.4, 0.5) is 5.82 Å². The number of likely N-dealkylation sites (tertiary alicyclic amines) is 1. The molecule has 1 fully saturated rings. The van der Waals surface area contributed by atoms with Crippen LogP contribution < -0.4 is 5.32 Å². The minimum atomic E-state index is -0.325. The largest absolute Gasteiger partial charge is 0.338 e. The van der Waals surface area contributed by atoms with E-state index in [2.05, 4.69) is 10.3 Å². The number of benzene rings is 1. The molecule has 0 bridgehead atoms. The lowest BCUT2D eigenvalue weighted by molar-refractivity contribution is -0.128. The molecule has 1 aliphatic heterocycles. The van der Waals surface area contributed by atoms with E-state index in [0.29, 0.717) is 18.9 Å². The number of hydrogen-bond acceptors (Lipinski definition) is 3. The quantitative estimate of drug-likeness (QED) is 0.943. The van der Waals surface area contributed by atoms with Gasteiger partial charge >= 0.3 is 0 Å². The predicted molar refractivity (Wildman–Crippen MR) is 87.6 cm³/mol. The summed E-state index contributed by atoms with van der Waals surface area (Å²) in [6, 6.07) is 13.5. The lowest BCUT2D eigenvalue weighted by atomic mass is 10.1. The summed E-state index contributed by atoms with van der Waals surface area (Å²) >= 11 is 0. The third-order valence-corrected chi connectivity index (χ3v) is 3.97. The van der Waals surface area contributed by atoms with Crippen molar-refractivity contribution in [3.05, 3.63) is 59.8 Å². The zero-order valence-electron chi connectivity index (χ0n) is 13.0. The normalized spacial score (nSPS) is 17.3. The van der Waals surface area contributed by atoms with E-state index in [1.165, 1.54) is 0 Å². The minimum absolute atomic E-state index is 0.0196. The third kappa shape index (κ3) is 3.74. The molecule has 5 heteroatoms. The number of anilines is 1. The maximum Gasteiger partial charge on any atom is 0.230 e. The average molecular weight is 309 g/mol. The number of pyridine rings is 1. The van der Waals surface area contributed by atoms with Crippen molar-refractivity contribution in [2.45, 2.75) is 19.9 Å². The van der Waals surface area contributed by atoms with E-state index >= 15 is 0 Å². The lowest BCUT2D eigenvalue weighted by Crippen LogP contribution is -2.28. The van der Waals surface area contributed by atoms with E-state index in [9.17, 15) is 9.59 Å². The molecule has 0 saturated carbocycles. The standard InChI is InChI=1S/C18H19N3O2/c1-13-7-8-19-16(9-13)20-18(23)15-10-17(22)21(12-15)11-14-5-3-2-4-6-14/h2-9,15H,10-12H2,1H3,(H,19,20,23)/t15-/m1/s1. The highest BCUT2D eigenvalue weighted by atomic mass is 16.2. The Labute approximate surface area is 135 Å². The number of nitrogens with zero attached hydrogens (tertiary/aromatic N) is 2. The van der Waals surface area contributed by atoms with Crippen molar-refractivity contribution < 1.29 is 9.59 Å². The Morgan fingerprint density at radius 3 is 2.83 bits per heavy atom. The highest BCUT2D eigenvalue weighted by molar-refractivity contribution is 5.96. The fraction of sp³-hybridized carbons (Fsp3) is 0.278. The van der Waals surface area contributed by atoms with Crippen molar-refractivity contribution in [3.63, 3.8) is 0 Å². The number of aromatic nitrogens is 1. The first-order chi connectivity index (χ1) is 11.1. The van der Waals surface area contributed by atoms with Crippen LogP contribution in [0.5, 0.6) is 0 Å². The first-order valence-electron chi connectivity index (χ1n) is 7.67. The van der Waals surface area contributed by atoms with Gasteiger partial charge in [-0.2, -0.15) is 0 Å². The second-order valence-electron chi connectivity index (χ2n) is 5.87. The van der Waals surface area contributed by atoms with Crippen LogP contribution in [0, 0.1) is 12.8 Å². The van der Waals surface area contributed by atoms with Gasteiger partial charge < -0.3 is 10.2 Å². The highest BCUT2D eigenvalue weighted by Crippen LogP contribution is 2.21. The maximum absolute atomic E-state index is 12.3. The van der Waals surface area contributed by atoms with Crippen molar-refractivity contribution in [2.75, 3.05) is 11.9 Å². The SMILES string of the molecule is Cc1ccnc(NC(=O)[C@@H]2CC(=O)N(Cc3ccccc3)C2)c1. The summed E-state index contributed by atoms with van der Waals surface area (Å²) in [4.78, 5) is 30.3. The Morgan fingerprint density at radius 2 is 2.09 bits per heavy atom. The van der Waals surface area contributed by atoms with Gasteiger partial charge in [0.15, 0.2) is 0 Å². The molecule has 1 aliphatic rings. The van der Waals surface area contributed by atoms with Gasteiger partial charge in [0.1, 0.15) is 5.82 Å². The van der Waals surface area contributed by atoms with Gasteiger partial charge in [0, 0.05) is 25.7 Å². The van der Waals surface area contributed by atoms with Crippen molar-refractivity contribution in [3.8, 4) is 0 Å². The molecule has 0 radical (unpaired) electrons. The van der Waals surface area contributed by atoms with Crippen LogP contribution in [0.25, 0.3) is 0 Å². The smallest absolute Gasteiger partial charge is 0.230 e. The molecule has 2 aromatic rings. The van der Waals surface area contributed by atoms with Crippen molar-refractivity contribution in [1.29, 1.82) is 0 Å². The van der Waals surface area contributed by atoms with E-state index in [-0.39, 0.29) is 24.2 Å². The Balaban J connectivity index is 1.61. The van der Waals surface area contributed by atoms with Crippen molar-refractivity contribution >= 4 is 17.6 Å². The zero-order valence-corrected chi connectivity index (χ0v) is 13.0. The number of carbonyl (C=O) groups is 2. The molecule has 0 aliphatic carbocycles. The highest BCUT2D eigenvalue weighted by Gasteiger charge is 2.34. The molecule has 118 valence electrons. The van der Waals surface area contributed by atoms with E-state index < -0.39 is 0 Å². The lowest BCUT2D eigenvalue weighted by Gasteiger charge is -2.16. The van der Waals surface area contributed by atoms with Crippen molar-refractivity contribution in [1.82, 2.24) is 9.88 Å². The second kappa shape index (κ2) is 6.60. The Kier molecular flexibility index (Phi) is 4.37. The van der Waals surface area contributed by atoms with Crippen LogP contribution in [0.1, 0.15) is 17.5 Å². The van der Waals surface area contributed by atoms with Crippen LogP contribution >= 0.6 is 0 Å². The molecular formula is C18H19N3O2. The number of rotatable bonds is 4. The molecule has 1 saturated heterocycles. The summed E-state index contributed by atoms with van der Waals surface area (Å²) < 4.78 is 0. The fourth-order valence-corrected chi connectivity index (χ4v) is 2.74. The van der Waals surface area contributed by atoms with E-state index in [1.807, 2.05) is 49.4 Å². The number of aryl methyl sites for hydroxylation is 1.